The summed E-state index contributed by atoms with van der Waals surface area (Å²) in [5.41, 5.74) is 0.0519. The molecular formula is C15H12ClF3O2. The molecule has 0 fully saturated rings. The fourth-order valence-electron chi connectivity index (χ4n) is 1.68. The molecule has 21 heavy (non-hydrogen) atoms. The van der Waals surface area contributed by atoms with E-state index in [1.165, 1.54) is 6.07 Å². The number of rotatable bonds is 4. The van der Waals surface area contributed by atoms with Crippen LogP contribution >= 0.6 is 11.6 Å². The molecule has 0 spiro atoms. The number of halogens is 4. The predicted molar refractivity (Wildman–Crippen MR) is 73.8 cm³/mol. The summed E-state index contributed by atoms with van der Waals surface area (Å²) in [5, 5.41) is -0.0710. The first kappa shape index (κ1) is 15.5. The maximum atomic E-state index is 12.5. The van der Waals surface area contributed by atoms with Crippen LogP contribution in [0.4, 0.5) is 13.2 Å². The second-order valence-corrected chi connectivity index (χ2v) is 4.69. The van der Waals surface area contributed by atoms with E-state index in [9.17, 15) is 13.2 Å². The summed E-state index contributed by atoms with van der Waals surface area (Å²) in [6.45, 7) is 0.203. The Bertz CT molecular complexity index is 609. The zero-order valence-corrected chi connectivity index (χ0v) is 11.8. The molecule has 0 unspecified atom stereocenters. The second kappa shape index (κ2) is 6.26. The molecule has 2 nitrogen and oxygen atoms in total. The van der Waals surface area contributed by atoms with Crippen LogP contribution in [0.1, 0.15) is 11.1 Å². The van der Waals surface area contributed by atoms with E-state index in [1.807, 2.05) is 0 Å². The Balaban J connectivity index is 2.06. The minimum Gasteiger partial charge on any atom is -0.497 e. The van der Waals surface area contributed by atoms with Crippen LogP contribution in [0.15, 0.2) is 42.5 Å². The number of methoxy groups -OCH3 is 1. The van der Waals surface area contributed by atoms with Gasteiger partial charge in [-0.15, -0.1) is 0 Å². The van der Waals surface area contributed by atoms with Crippen molar-refractivity contribution in [3.63, 3.8) is 0 Å². The quantitative estimate of drug-likeness (QED) is 0.795. The van der Waals surface area contributed by atoms with Crippen LogP contribution in [-0.4, -0.2) is 7.11 Å². The first-order valence-corrected chi connectivity index (χ1v) is 6.40. The molecule has 0 heterocycles. The zero-order chi connectivity index (χ0) is 15.5. The Kier molecular flexibility index (Phi) is 4.63. The number of ether oxygens (including phenoxy) is 2. The summed E-state index contributed by atoms with van der Waals surface area (Å²) < 4.78 is 48.0. The topological polar surface area (TPSA) is 18.5 Å². The van der Waals surface area contributed by atoms with Crippen molar-refractivity contribution < 1.29 is 22.6 Å². The average molecular weight is 317 g/mol. The molecule has 0 bridgehead atoms. The van der Waals surface area contributed by atoms with Gasteiger partial charge in [-0.05, 0) is 35.9 Å². The summed E-state index contributed by atoms with van der Waals surface area (Å²) in [5.74, 6) is 0.923. The van der Waals surface area contributed by atoms with E-state index in [1.54, 1.807) is 31.4 Å². The van der Waals surface area contributed by atoms with Crippen LogP contribution in [0.2, 0.25) is 5.02 Å². The lowest BCUT2D eigenvalue weighted by Crippen LogP contribution is -2.05. The van der Waals surface area contributed by atoms with Gasteiger partial charge in [-0.1, -0.05) is 23.7 Å². The van der Waals surface area contributed by atoms with Gasteiger partial charge in [-0.25, -0.2) is 0 Å². The zero-order valence-electron chi connectivity index (χ0n) is 11.1. The standard InChI is InChI=1S/C15H12ClF3O2/c1-20-12-5-2-10(3-6-12)9-21-14-7-4-11(8-13(14)16)15(17,18)19/h2-8H,9H2,1H3. The molecule has 0 saturated heterocycles. The van der Waals surface area contributed by atoms with E-state index in [0.717, 1.165) is 17.7 Å². The van der Waals surface area contributed by atoms with Gasteiger partial charge in [0.05, 0.1) is 17.7 Å². The predicted octanol–water partition coefficient (Wildman–Crippen LogP) is 4.95. The number of hydrogen-bond donors (Lipinski definition) is 0. The van der Waals surface area contributed by atoms with Crippen LogP contribution < -0.4 is 9.47 Å². The highest BCUT2D eigenvalue weighted by atomic mass is 35.5. The molecule has 2 aromatic rings. The minimum atomic E-state index is -4.42. The third-order valence-electron chi connectivity index (χ3n) is 2.81. The molecule has 0 amide bonds. The van der Waals surface area contributed by atoms with Gasteiger partial charge in [0.1, 0.15) is 18.1 Å². The van der Waals surface area contributed by atoms with Gasteiger partial charge in [0.15, 0.2) is 0 Å². The van der Waals surface area contributed by atoms with Crippen molar-refractivity contribution in [3.8, 4) is 11.5 Å². The summed E-state index contributed by atoms with van der Waals surface area (Å²) >= 11 is 5.80. The van der Waals surface area contributed by atoms with Gasteiger partial charge in [0.25, 0.3) is 0 Å². The van der Waals surface area contributed by atoms with Gasteiger partial charge in [0.2, 0.25) is 0 Å². The second-order valence-electron chi connectivity index (χ2n) is 4.28. The van der Waals surface area contributed by atoms with E-state index in [2.05, 4.69) is 0 Å². The van der Waals surface area contributed by atoms with Crippen LogP contribution in [0.25, 0.3) is 0 Å². The van der Waals surface area contributed by atoms with Crippen molar-refractivity contribution in [2.45, 2.75) is 12.8 Å². The molecule has 0 radical (unpaired) electrons. The molecule has 6 heteroatoms. The number of hydrogen-bond acceptors (Lipinski definition) is 2. The first-order valence-electron chi connectivity index (χ1n) is 6.02. The lowest BCUT2D eigenvalue weighted by molar-refractivity contribution is -0.137. The summed E-state index contributed by atoms with van der Waals surface area (Å²) in [6, 6.07) is 10.2. The molecule has 0 aliphatic rings. The lowest BCUT2D eigenvalue weighted by Gasteiger charge is -2.11. The largest absolute Gasteiger partial charge is 0.497 e. The van der Waals surface area contributed by atoms with E-state index >= 15 is 0 Å². The maximum absolute atomic E-state index is 12.5. The lowest BCUT2D eigenvalue weighted by atomic mass is 10.2. The summed E-state index contributed by atoms with van der Waals surface area (Å²) in [4.78, 5) is 0. The maximum Gasteiger partial charge on any atom is 0.416 e. The normalized spacial score (nSPS) is 11.3. The van der Waals surface area contributed by atoms with Crippen molar-refractivity contribution >= 4 is 11.6 Å². The van der Waals surface area contributed by atoms with Crippen LogP contribution in [0.3, 0.4) is 0 Å². The van der Waals surface area contributed by atoms with E-state index < -0.39 is 11.7 Å². The van der Waals surface area contributed by atoms with Gasteiger partial charge < -0.3 is 9.47 Å². The molecular weight excluding hydrogens is 305 g/mol. The molecule has 2 aromatic carbocycles. The highest BCUT2D eigenvalue weighted by Gasteiger charge is 2.31. The van der Waals surface area contributed by atoms with Crippen molar-refractivity contribution in [2.75, 3.05) is 7.11 Å². The molecule has 2 rings (SSSR count). The Morgan fingerprint density at radius 2 is 1.71 bits per heavy atom. The first-order chi connectivity index (χ1) is 9.90. The smallest absolute Gasteiger partial charge is 0.416 e. The third-order valence-corrected chi connectivity index (χ3v) is 3.11. The number of benzene rings is 2. The SMILES string of the molecule is COc1ccc(COc2ccc(C(F)(F)F)cc2Cl)cc1. The van der Waals surface area contributed by atoms with E-state index in [-0.39, 0.29) is 17.4 Å². The van der Waals surface area contributed by atoms with Crippen molar-refractivity contribution in [2.24, 2.45) is 0 Å². The fraction of sp³-hybridized carbons (Fsp3) is 0.200. The Hall–Kier alpha value is -1.88. The third kappa shape index (κ3) is 4.04. The van der Waals surface area contributed by atoms with Crippen LogP contribution in [-0.2, 0) is 12.8 Å². The average Bonchev–Trinajstić information content (AvgIpc) is 2.45. The Labute approximate surface area is 125 Å². The van der Waals surface area contributed by atoms with Gasteiger partial charge >= 0.3 is 6.18 Å². The molecule has 0 N–H and O–H groups in total. The molecule has 0 aliphatic carbocycles. The minimum absolute atomic E-state index is 0.0710. The van der Waals surface area contributed by atoms with Crippen molar-refractivity contribution in [3.05, 3.63) is 58.6 Å². The van der Waals surface area contributed by atoms with Crippen molar-refractivity contribution in [1.29, 1.82) is 0 Å². The van der Waals surface area contributed by atoms with Gasteiger partial charge in [-0.3, -0.25) is 0 Å². The Morgan fingerprint density at radius 1 is 1.05 bits per heavy atom. The van der Waals surface area contributed by atoms with Crippen molar-refractivity contribution in [1.82, 2.24) is 0 Å². The number of alkyl halides is 3. The monoisotopic (exact) mass is 316 g/mol. The van der Waals surface area contributed by atoms with Crippen LogP contribution in [0, 0.1) is 0 Å². The molecule has 0 saturated carbocycles. The highest BCUT2D eigenvalue weighted by Crippen LogP contribution is 2.34. The highest BCUT2D eigenvalue weighted by molar-refractivity contribution is 6.32. The van der Waals surface area contributed by atoms with Crippen LogP contribution in [0.5, 0.6) is 11.5 Å². The molecule has 0 atom stereocenters. The molecule has 0 aliphatic heterocycles. The molecule has 112 valence electrons. The molecule has 0 aromatic heterocycles. The van der Waals surface area contributed by atoms with E-state index in [4.69, 9.17) is 21.1 Å². The summed E-state index contributed by atoms with van der Waals surface area (Å²) in [6.07, 6.45) is -4.42. The van der Waals surface area contributed by atoms with Gasteiger partial charge in [-0.2, -0.15) is 13.2 Å². The summed E-state index contributed by atoms with van der Waals surface area (Å²) in [7, 11) is 1.56. The van der Waals surface area contributed by atoms with E-state index in [0.29, 0.717) is 5.75 Å². The fourth-order valence-corrected chi connectivity index (χ4v) is 1.91. The van der Waals surface area contributed by atoms with Gasteiger partial charge in [0, 0.05) is 0 Å². The Morgan fingerprint density at radius 3 is 2.24 bits per heavy atom.